The van der Waals surface area contributed by atoms with Gasteiger partial charge in [0.25, 0.3) is 0 Å². The fraction of sp³-hybridized carbons (Fsp3) is 0.146. The Labute approximate surface area is 309 Å². The van der Waals surface area contributed by atoms with Crippen LogP contribution in [0.4, 0.5) is 0 Å². The lowest BCUT2D eigenvalue weighted by Crippen LogP contribution is -2.08. The number of rotatable bonds is 7. The molecule has 0 amide bonds. The van der Waals surface area contributed by atoms with Crippen molar-refractivity contribution >= 4 is 10.8 Å². The smallest absolute Gasteiger partial charge is 0.164 e. The van der Waals surface area contributed by atoms with E-state index in [4.69, 9.17) is 24.9 Å². The molecular weight excluding hydrogens is 647 g/mol. The Hall–Kier alpha value is -6.33. The van der Waals surface area contributed by atoms with Crippen LogP contribution in [0.5, 0.6) is 0 Å². The number of hydrogen-bond donors (Lipinski definition) is 0. The molecule has 0 radical (unpaired) electrons. The van der Waals surface area contributed by atoms with E-state index in [-0.39, 0.29) is 0 Å². The molecule has 0 saturated heterocycles. The molecule has 3 atom stereocenters. The Balaban J connectivity index is 1.06. The molecule has 3 unspecified atom stereocenters. The van der Waals surface area contributed by atoms with E-state index in [1.54, 1.807) is 0 Å². The van der Waals surface area contributed by atoms with E-state index in [9.17, 15) is 0 Å². The van der Waals surface area contributed by atoms with Gasteiger partial charge in [-0.1, -0.05) is 146 Å². The van der Waals surface area contributed by atoms with Crippen LogP contribution in [-0.4, -0.2) is 24.9 Å². The van der Waals surface area contributed by atoms with Crippen molar-refractivity contribution in [2.75, 3.05) is 0 Å². The standard InChI is InChI=1S/C48H37N5/c1-3-11-35(12-4-1)45-49-43(34-23-21-33(22-24-34)42-27-31-18-19-38(42)26-31)30-44(50-45)39-16-9-17-40(29-39)47-51-46(36-13-5-2-6-14-36)52-48(53-47)41-25-20-32-10-7-8-15-37(32)28-41/h1-17,20-25,28-31,38,42H,18-19,26-27H2. The van der Waals surface area contributed by atoms with Crippen LogP contribution in [0.1, 0.15) is 37.2 Å². The molecule has 2 aliphatic carbocycles. The normalized spacial score (nSPS) is 17.7. The van der Waals surface area contributed by atoms with E-state index in [1.807, 2.05) is 48.5 Å². The first kappa shape index (κ1) is 31.4. The van der Waals surface area contributed by atoms with E-state index >= 15 is 0 Å². The van der Waals surface area contributed by atoms with Gasteiger partial charge in [-0.2, -0.15) is 0 Å². The van der Waals surface area contributed by atoms with E-state index < -0.39 is 0 Å². The van der Waals surface area contributed by atoms with Crippen LogP contribution >= 0.6 is 0 Å². The molecule has 53 heavy (non-hydrogen) atoms. The molecule has 8 aromatic rings. The molecule has 5 nitrogen and oxygen atoms in total. The predicted octanol–water partition coefficient (Wildman–Crippen LogP) is 11.7. The number of aromatic nitrogens is 5. The van der Waals surface area contributed by atoms with Crippen LogP contribution in [0.2, 0.25) is 0 Å². The van der Waals surface area contributed by atoms with Gasteiger partial charge in [0.1, 0.15) is 0 Å². The summed E-state index contributed by atoms with van der Waals surface area (Å²) in [5.41, 5.74) is 9.05. The number of benzene rings is 6. The van der Waals surface area contributed by atoms with Gasteiger partial charge in [0, 0.05) is 33.4 Å². The molecule has 6 aromatic carbocycles. The van der Waals surface area contributed by atoms with Gasteiger partial charge < -0.3 is 0 Å². The van der Waals surface area contributed by atoms with Gasteiger partial charge in [-0.25, -0.2) is 24.9 Å². The zero-order valence-corrected chi connectivity index (χ0v) is 29.3. The van der Waals surface area contributed by atoms with E-state index in [2.05, 4.69) is 109 Å². The van der Waals surface area contributed by atoms with Crippen LogP contribution < -0.4 is 0 Å². The zero-order chi connectivity index (χ0) is 35.1. The van der Waals surface area contributed by atoms with Crippen molar-refractivity contribution in [2.45, 2.75) is 31.6 Å². The number of hydrogen-bond acceptors (Lipinski definition) is 5. The lowest BCUT2D eigenvalue weighted by molar-refractivity contribution is 0.420. The van der Waals surface area contributed by atoms with E-state index in [0.717, 1.165) is 62.0 Å². The maximum Gasteiger partial charge on any atom is 0.164 e. The predicted molar refractivity (Wildman–Crippen MR) is 214 cm³/mol. The van der Waals surface area contributed by atoms with Gasteiger partial charge in [-0.05, 0) is 71.6 Å². The van der Waals surface area contributed by atoms with Gasteiger partial charge >= 0.3 is 0 Å². The van der Waals surface area contributed by atoms with Crippen LogP contribution in [0.15, 0.2) is 158 Å². The molecule has 5 heteroatoms. The summed E-state index contributed by atoms with van der Waals surface area (Å²) in [4.78, 5) is 25.3. The second-order valence-electron chi connectivity index (χ2n) is 14.5. The summed E-state index contributed by atoms with van der Waals surface area (Å²) >= 11 is 0. The van der Waals surface area contributed by atoms with Crippen molar-refractivity contribution in [1.29, 1.82) is 0 Å². The Morgan fingerprint density at radius 2 is 0.906 bits per heavy atom. The summed E-state index contributed by atoms with van der Waals surface area (Å²) in [6.07, 6.45) is 5.55. The topological polar surface area (TPSA) is 64.5 Å². The first-order valence-corrected chi connectivity index (χ1v) is 18.7. The maximum atomic E-state index is 5.14. The molecule has 2 aromatic heterocycles. The molecule has 254 valence electrons. The van der Waals surface area contributed by atoms with Crippen molar-refractivity contribution in [3.05, 3.63) is 163 Å². The minimum Gasteiger partial charge on any atom is -0.228 e. The van der Waals surface area contributed by atoms with Gasteiger partial charge in [-0.15, -0.1) is 0 Å². The molecule has 2 fully saturated rings. The van der Waals surface area contributed by atoms with Crippen molar-refractivity contribution in [3.8, 4) is 68.1 Å². The Kier molecular flexibility index (Phi) is 7.90. The van der Waals surface area contributed by atoms with Crippen LogP contribution in [0.3, 0.4) is 0 Å². The Morgan fingerprint density at radius 1 is 0.358 bits per heavy atom. The van der Waals surface area contributed by atoms with Crippen molar-refractivity contribution < 1.29 is 0 Å². The third-order valence-corrected chi connectivity index (χ3v) is 11.2. The van der Waals surface area contributed by atoms with E-state index in [1.165, 1.54) is 36.6 Å². The van der Waals surface area contributed by atoms with Crippen LogP contribution in [0, 0.1) is 11.8 Å². The molecule has 2 aliphatic rings. The molecule has 0 N–H and O–H groups in total. The molecule has 0 spiro atoms. The largest absolute Gasteiger partial charge is 0.228 e. The van der Waals surface area contributed by atoms with Gasteiger partial charge in [0.05, 0.1) is 11.4 Å². The Bertz CT molecular complexity index is 2580. The van der Waals surface area contributed by atoms with Gasteiger partial charge in [-0.3, -0.25) is 0 Å². The third-order valence-electron chi connectivity index (χ3n) is 11.2. The number of nitrogens with zero attached hydrogens (tertiary/aromatic N) is 5. The maximum absolute atomic E-state index is 5.14. The fourth-order valence-electron chi connectivity index (χ4n) is 8.51. The quantitative estimate of drug-likeness (QED) is 0.167. The lowest BCUT2D eigenvalue weighted by Gasteiger charge is -2.22. The first-order valence-electron chi connectivity index (χ1n) is 18.7. The van der Waals surface area contributed by atoms with Gasteiger partial charge in [0.2, 0.25) is 0 Å². The van der Waals surface area contributed by atoms with Crippen LogP contribution in [-0.2, 0) is 0 Å². The summed E-state index contributed by atoms with van der Waals surface area (Å²) < 4.78 is 0. The highest BCUT2D eigenvalue weighted by Crippen LogP contribution is 2.53. The highest BCUT2D eigenvalue weighted by molar-refractivity contribution is 5.86. The summed E-state index contributed by atoms with van der Waals surface area (Å²) in [5.74, 6) is 5.05. The van der Waals surface area contributed by atoms with Crippen molar-refractivity contribution in [1.82, 2.24) is 24.9 Å². The molecular formula is C48H37N5. The highest BCUT2D eigenvalue weighted by atomic mass is 15.0. The minimum absolute atomic E-state index is 0.609. The average Bonchev–Trinajstić information content (AvgIpc) is 3.89. The van der Waals surface area contributed by atoms with E-state index in [0.29, 0.717) is 29.2 Å². The second-order valence-corrected chi connectivity index (χ2v) is 14.5. The molecule has 0 aliphatic heterocycles. The van der Waals surface area contributed by atoms with Crippen molar-refractivity contribution in [3.63, 3.8) is 0 Å². The molecule has 10 rings (SSSR count). The molecule has 2 heterocycles. The van der Waals surface area contributed by atoms with Crippen LogP contribution in [0.25, 0.3) is 78.8 Å². The summed E-state index contributed by atoms with van der Waals surface area (Å²) in [6.45, 7) is 0. The molecule has 2 bridgehead atoms. The first-order chi connectivity index (χ1) is 26.2. The minimum atomic E-state index is 0.609. The monoisotopic (exact) mass is 683 g/mol. The third kappa shape index (κ3) is 6.18. The second kappa shape index (κ2) is 13.3. The Morgan fingerprint density at radius 3 is 1.57 bits per heavy atom. The lowest BCUT2D eigenvalue weighted by atomic mass is 9.83. The van der Waals surface area contributed by atoms with Gasteiger partial charge in [0.15, 0.2) is 23.3 Å². The highest BCUT2D eigenvalue weighted by Gasteiger charge is 2.40. The average molecular weight is 684 g/mol. The number of fused-ring (bicyclic) bond motifs is 3. The summed E-state index contributed by atoms with van der Waals surface area (Å²) in [5, 5.41) is 2.32. The summed E-state index contributed by atoms with van der Waals surface area (Å²) in [7, 11) is 0. The summed E-state index contributed by atoms with van der Waals surface area (Å²) in [6, 6.07) is 54.7. The van der Waals surface area contributed by atoms with Crippen molar-refractivity contribution in [2.24, 2.45) is 11.8 Å². The molecule has 2 saturated carbocycles. The SMILES string of the molecule is c1ccc(-c2nc(-c3ccc(C4CC5CCC4C5)cc3)cc(-c3cccc(-c4nc(-c5ccccc5)nc(-c5ccc6ccccc6c5)n4)c3)n2)cc1. The zero-order valence-electron chi connectivity index (χ0n) is 29.3. The fourth-order valence-corrected chi connectivity index (χ4v) is 8.51.